The molecule has 0 spiro atoms. The van der Waals surface area contributed by atoms with Gasteiger partial charge in [-0.05, 0) is 43.3 Å². The number of hydrogen-bond donors (Lipinski definition) is 3. The van der Waals surface area contributed by atoms with Crippen molar-refractivity contribution >= 4 is 23.2 Å². The second kappa shape index (κ2) is 7.96. The van der Waals surface area contributed by atoms with Crippen molar-refractivity contribution in [1.82, 2.24) is 5.32 Å². The van der Waals surface area contributed by atoms with Gasteiger partial charge in [0.2, 0.25) is 5.91 Å². The second-order valence-electron chi connectivity index (χ2n) is 5.89. The third-order valence-electron chi connectivity index (χ3n) is 3.81. The summed E-state index contributed by atoms with van der Waals surface area (Å²) in [6.45, 7) is 3.91. The van der Waals surface area contributed by atoms with Gasteiger partial charge >= 0.3 is 0 Å². The van der Waals surface area contributed by atoms with Crippen LogP contribution in [0.4, 0.5) is 11.4 Å². The van der Waals surface area contributed by atoms with E-state index in [4.69, 9.17) is 9.15 Å². The zero-order valence-electron chi connectivity index (χ0n) is 14.0. The Labute approximate surface area is 145 Å². The quantitative estimate of drug-likeness (QED) is 0.774. The predicted octanol–water partition coefficient (Wildman–Crippen LogP) is 2.16. The number of benzene rings is 1. The lowest BCUT2D eigenvalue weighted by molar-refractivity contribution is -0.119. The van der Waals surface area contributed by atoms with Gasteiger partial charge in [-0.1, -0.05) is 0 Å². The van der Waals surface area contributed by atoms with Gasteiger partial charge in [-0.25, -0.2) is 0 Å². The van der Waals surface area contributed by atoms with Gasteiger partial charge in [0, 0.05) is 24.5 Å². The van der Waals surface area contributed by atoms with Gasteiger partial charge in [-0.2, -0.15) is 0 Å². The first-order valence-corrected chi connectivity index (χ1v) is 8.20. The van der Waals surface area contributed by atoms with Gasteiger partial charge in [-0.3, -0.25) is 9.59 Å². The van der Waals surface area contributed by atoms with Crippen molar-refractivity contribution in [3.8, 4) is 0 Å². The highest BCUT2D eigenvalue weighted by Gasteiger charge is 2.17. The van der Waals surface area contributed by atoms with E-state index in [0.717, 1.165) is 6.54 Å². The van der Waals surface area contributed by atoms with Crippen molar-refractivity contribution in [2.45, 2.75) is 19.4 Å². The summed E-state index contributed by atoms with van der Waals surface area (Å²) in [5.41, 5.74) is 1.29. The maximum absolute atomic E-state index is 12.0. The van der Waals surface area contributed by atoms with Crippen LogP contribution in [0, 0.1) is 6.92 Å². The molecule has 1 aromatic carbocycles. The minimum atomic E-state index is -0.313. The molecule has 1 aromatic heterocycles. The monoisotopic (exact) mass is 343 g/mol. The number of carbonyl (C=O) groups excluding carboxylic acids is 2. The molecule has 0 bridgehead atoms. The van der Waals surface area contributed by atoms with Crippen LogP contribution in [-0.2, 0) is 9.53 Å². The molecule has 25 heavy (non-hydrogen) atoms. The molecule has 2 amide bonds. The molecule has 1 saturated heterocycles. The Bertz CT molecular complexity index is 733. The van der Waals surface area contributed by atoms with E-state index < -0.39 is 0 Å². The Morgan fingerprint density at radius 1 is 1.12 bits per heavy atom. The topological polar surface area (TPSA) is 92.6 Å². The highest BCUT2D eigenvalue weighted by atomic mass is 16.5. The van der Waals surface area contributed by atoms with Crippen LogP contribution < -0.4 is 16.0 Å². The van der Waals surface area contributed by atoms with Gasteiger partial charge in [0.05, 0.1) is 19.1 Å². The van der Waals surface area contributed by atoms with Gasteiger partial charge < -0.3 is 25.1 Å². The predicted molar refractivity (Wildman–Crippen MR) is 93.7 cm³/mol. The normalized spacial score (nSPS) is 17.1. The number of morpholine rings is 1. The van der Waals surface area contributed by atoms with E-state index in [0.29, 0.717) is 36.7 Å². The van der Waals surface area contributed by atoms with Crippen molar-refractivity contribution in [3.05, 3.63) is 47.9 Å². The number of hydrogen-bond acceptors (Lipinski definition) is 5. The number of anilines is 2. The van der Waals surface area contributed by atoms with Crippen molar-refractivity contribution in [2.24, 2.45) is 0 Å². The van der Waals surface area contributed by atoms with Crippen LogP contribution in [0.15, 0.2) is 40.8 Å². The molecule has 0 radical (unpaired) electrons. The van der Waals surface area contributed by atoms with Gasteiger partial charge in [-0.15, -0.1) is 0 Å². The van der Waals surface area contributed by atoms with Crippen LogP contribution in [0.2, 0.25) is 0 Å². The lowest BCUT2D eigenvalue weighted by Gasteiger charge is -2.23. The summed E-state index contributed by atoms with van der Waals surface area (Å²) in [6.07, 6.45) is 0.215. The zero-order valence-corrected chi connectivity index (χ0v) is 14.0. The summed E-state index contributed by atoms with van der Waals surface area (Å²) in [4.78, 5) is 24.0. The Balaban J connectivity index is 1.51. The number of ether oxygens (including phenoxy) is 1. The number of furan rings is 1. The fourth-order valence-corrected chi connectivity index (χ4v) is 2.56. The molecule has 7 nitrogen and oxygen atoms in total. The van der Waals surface area contributed by atoms with Crippen molar-refractivity contribution in [3.63, 3.8) is 0 Å². The number of amides is 2. The highest BCUT2D eigenvalue weighted by molar-refractivity contribution is 6.02. The van der Waals surface area contributed by atoms with E-state index in [2.05, 4.69) is 16.0 Å². The number of rotatable bonds is 5. The Hall–Kier alpha value is -2.64. The molecule has 132 valence electrons. The number of carbonyl (C=O) groups is 2. The highest BCUT2D eigenvalue weighted by Crippen LogP contribution is 2.16. The molecule has 1 aliphatic rings. The zero-order chi connectivity index (χ0) is 17.6. The van der Waals surface area contributed by atoms with E-state index in [1.807, 2.05) is 0 Å². The molecule has 1 unspecified atom stereocenters. The van der Waals surface area contributed by atoms with Crippen LogP contribution in [0.25, 0.3) is 0 Å². The van der Waals surface area contributed by atoms with Gasteiger partial charge in [0.1, 0.15) is 5.76 Å². The lowest BCUT2D eigenvalue weighted by Crippen LogP contribution is -2.40. The largest absolute Gasteiger partial charge is 0.456 e. The molecular weight excluding hydrogens is 322 g/mol. The first kappa shape index (κ1) is 17.2. The molecule has 1 atom stereocenters. The summed E-state index contributed by atoms with van der Waals surface area (Å²) in [6, 6.07) is 10.3. The van der Waals surface area contributed by atoms with E-state index in [1.54, 1.807) is 43.3 Å². The van der Waals surface area contributed by atoms with Crippen LogP contribution in [-0.4, -0.2) is 37.6 Å². The Kier molecular flexibility index (Phi) is 5.47. The van der Waals surface area contributed by atoms with E-state index in [1.165, 1.54) is 0 Å². The molecule has 2 heterocycles. The molecule has 7 heteroatoms. The van der Waals surface area contributed by atoms with Gasteiger partial charge in [0.15, 0.2) is 5.76 Å². The molecule has 3 rings (SSSR count). The lowest BCUT2D eigenvalue weighted by atomic mass is 10.2. The smallest absolute Gasteiger partial charge is 0.291 e. The summed E-state index contributed by atoms with van der Waals surface area (Å²) < 4.78 is 10.8. The molecule has 2 aromatic rings. The third-order valence-corrected chi connectivity index (χ3v) is 3.81. The van der Waals surface area contributed by atoms with Gasteiger partial charge in [0.25, 0.3) is 5.91 Å². The van der Waals surface area contributed by atoms with Crippen LogP contribution in [0.1, 0.15) is 22.7 Å². The van der Waals surface area contributed by atoms with Crippen molar-refractivity contribution in [2.75, 3.05) is 30.3 Å². The van der Waals surface area contributed by atoms with Crippen LogP contribution in [0.3, 0.4) is 0 Å². The molecule has 0 aliphatic carbocycles. The van der Waals surface area contributed by atoms with Crippen molar-refractivity contribution < 1.29 is 18.7 Å². The fourth-order valence-electron chi connectivity index (χ4n) is 2.56. The summed E-state index contributed by atoms with van der Waals surface area (Å²) in [5.74, 6) is 0.528. The minimum Gasteiger partial charge on any atom is -0.456 e. The third kappa shape index (κ3) is 4.91. The second-order valence-corrected chi connectivity index (χ2v) is 5.89. The average molecular weight is 343 g/mol. The van der Waals surface area contributed by atoms with Crippen LogP contribution in [0.5, 0.6) is 0 Å². The Morgan fingerprint density at radius 3 is 2.44 bits per heavy atom. The standard InChI is InChI=1S/C18H21N3O4/c1-12-2-7-16(25-12)18(23)21-14-5-3-13(4-6-14)20-17(22)10-15-11-19-8-9-24-15/h2-7,15,19H,8-11H2,1H3,(H,20,22)(H,21,23). The first-order valence-electron chi connectivity index (χ1n) is 8.20. The molecule has 1 fully saturated rings. The molecular formula is C18H21N3O4. The van der Waals surface area contributed by atoms with E-state index in [-0.39, 0.29) is 23.7 Å². The number of aryl methyl sites for hydroxylation is 1. The molecule has 3 N–H and O–H groups in total. The summed E-state index contributed by atoms with van der Waals surface area (Å²) >= 11 is 0. The fraction of sp³-hybridized carbons (Fsp3) is 0.333. The van der Waals surface area contributed by atoms with E-state index in [9.17, 15) is 9.59 Å². The number of nitrogens with one attached hydrogen (secondary N) is 3. The SMILES string of the molecule is Cc1ccc(C(=O)Nc2ccc(NC(=O)CC3CNCCO3)cc2)o1. The van der Waals surface area contributed by atoms with Crippen LogP contribution >= 0.6 is 0 Å². The van der Waals surface area contributed by atoms with E-state index >= 15 is 0 Å². The molecule has 1 aliphatic heterocycles. The molecule has 0 saturated carbocycles. The maximum atomic E-state index is 12.0. The first-order chi connectivity index (χ1) is 12.1. The summed E-state index contributed by atoms with van der Waals surface area (Å²) in [7, 11) is 0. The maximum Gasteiger partial charge on any atom is 0.291 e. The summed E-state index contributed by atoms with van der Waals surface area (Å²) in [5, 5.41) is 8.76. The average Bonchev–Trinajstić information content (AvgIpc) is 3.04. The van der Waals surface area contributed by atoms with Crippen molar-refractivity contribution in [1.29, 1.82) is 0 Å². The Morgan fingerprint density at radius 2 is 1.84 bits per heavy atom. The minimum absolute atomic E-state index is 0.0935.